The van der Waals surface area contributed by atoms with E-state index in [1.165, 1.54) is 64.2 Å². The fourth-order valence-electron chi connectivity index (χ4n) is 5.28. The first-order chi connectivity index (χ1) is 20.8. The van der Waals surface area contributed by atoms with Crippen LogP contribution in [-0.2, 0) is 0 Å². The summed E-state index contributed by atoms with van der Waals surface area (Å²) in [6.07, 6.45) is 19.2. The molecule has 0 amide bonds. The maximum atomic E-state index is 6.51. The third-order valence-electron chi connectivity index (χ3n) is 7.75. The monoisotopic (exact) mass is 563 g/mol. The van der Waals surface area contributed by atoms with E-state index < -0.39 is 0 Å². The Labute approximate surface area is 254 Å². The predicted octanol–water partition coefficient (Wildman–Crippen LogP) is 11.6. The van der Waals surface area contributed by atoms with Gasteiger partial charge in [-0.2, -0.15) is 0 Å². The third kappa shape index (κ3) is 10.0. The second-order valence-electron chi connectivity index (χ2n) is 11.2. The molecule has 0 aliphatic carbocycles. The van der Waals surface area contributed by atoms with Gasteiger partial charge in [0.2, 0.25) is 0 Å². The first-order valence-corrected chi connectivity index (χ1v) is 16.3. The second-order valence-corrected chi connectivity index (χ2v) is 11.2. The Hall–Kier alpha value is -3.59. The van der Waals surface area contributed by atoms with Crippen molar-refractivity contribution >= 4 is 23.1 Å². The van der Waals surface area contributed by atoms with Gasteiger partial charge in [-0.1, -0.05) is 133 Å². The van der Waals surface area contributed by atoms with Gasteiger partial charge in [-0.25, -0.2) is 4.98 Å². The Kier molecular flexibility index (Phi) is 13.5. The first kappa shape index (κ1) is 31.3. The van der Waals surface area contributed by atoms with E-state index in [2.05, 4.69) is 92.7 Å². The molecule has 4 aromatic rings. The summed E-state index contributed by atoms with van der Waals surface area (Å²) < 4.78 is 12.7. The molecule has 1 aromatic heterocycles. The highest BCUT2D eigenvalue weighted by Gasteiger charge is 2.14. The molecule has 0 radical (unpaired) electrons. The van der Waals surface area contributed by atoms with Crippen molar-refractivity contribution in [2.45, 2.75) is 90.9 Å². The molecular weight excluding hydrogens is 514 g/mol. The van der Waals surface area contributed by atoms with E-state index in [9.17, 15) is 0 Å². The largest absolute Gasteiger partial charge is 0.493 e. The molecule has 0 spiro atoms. The SMILES string of the molecule is CCCCCCCCOc1ccc(-c2cc3ccccc3nc2C=Cc2ccccc2)c(OCCCCCCCC)c1. The maximum absolute atomic E-state index is 6.51. The highest BCUT2D eigenvalue weighted by Crippen LogP contribution is 2.37. The normalized spacial score (nSPS) is 11.4. The molecule has 0 saturated carbocycles. The molecule has 4 rings (SSSR count). The average molecular weight is 564 g/mol. The number of rotatable bonds is 19. The highest BCUT2D eigenvalue weighted by molar-refractivity contribution is 5.90. The summed E-state index contributed by atoms with van der Waals surface area (Å²) in [6, 6.07) is 27.3. The average Bonchev–Trinajstić information content (AvgIpc) is 3.03. The number of ether oxygens (including phenoxy) is 2. The standard InChI is InChI=1S/C39H49NO2/c1-3-5-7-9-11-18-28-41-34-25-26-35(39(31-34)42-29-19-12-10-8-6-4-2)36-30-33-22-16-17-23-37(33)40-38(36)27-24-32-20-14-13-15-21-32/h13-17,20-27,30-31H,3-12,18-19,28-29H2,1-2H3. The minimum absolute atomic E-state index is 0.705. The molecule has 0 atom stereocenters. The van der Waals surface area contributed by atoms with Crippen LogP contribution in [0.25, 0.3) is 34.2 Å². The minimum atomic E-state index is 0.705. The fourth-order valence-corrected chi connectivity index (χ4v) is 5.28. The number of para-hydroxylation sites is 1. The van der Waals surface area contributed by atoms with Crippen LogP contribution in [0.3, 0.4) is 0 Å². The van der Waals surface area contributed by atoms with Crippen LogP contribution in [0.1, 0.15) is 102 Å². The van der Waals surface area contributed by atoms with E-state index in [1.807, 2.05) is 12.1 Å². The molecule has 42 heavy (non-hydrogen) atoms. The molecule has 1 heterocycles. The van der Waals surface area contributed by atoms with Gasteiger partial charge < -0.3 is 9.47 Å². The number of hydrogen-bond donors (Lipinski definition) is 0. The lowest BCUT2D eigenvalue weighted by atomic mass is 9.99. The van der Waals surface area contributed by atoms with Crippen molar-refractivity contribution in [2.24, 2.45) is 0 Å². The molecule has 0 bridgehead atoms. The summed E-state index contributed by atoms with van der Waals surface area (Å²) in [4.78, 5) is 5.09. The van der Waals surface area contributed by atoms with Crippen molar-refractivity contribution in [3.8, 4) is 22.6 Å². The summed E-state index contributed by atoms with van der Waals surface area (Å²) in [5.74, 6) is 1.75. The number of nitrogens with zero attached hydrogens (tertiary/aromatic N) is 1. The molecule has 0 aliphatic heterocycles. The van der Waals surface area contributed by atoms with Crippen molar-refractivity contribution < 1.29 is 9.47 Å². The van der Waals surface area contributed by atoms with Gasteiger partial charge in [-0.3, -0.25) is 0 Å². The predicted molar refractivity (Wildman–Crippen MR) is 180 cm³/mol. The van der Waals surface area contributed by atoms with E-state index >= 15 is 0 Å². The summed E-state index contributed by atoms with van der Waals surface area (Å²) >= 11 is 0. The van der Waals surface area contributed by atoms with Crippen LogP contribution < -0.4 is 9.47 Å². The number of fused-ring (bicyclic) bond motifs is 1. The third-order valence-corrected chi connectivity index (χ3v) is 7.75. The Morgan fingerprint density at radius 1 is 0.571 bits per heavy atom. The lowest BCUT2D eigenvalue weighted by Gasteiger charge is -2.16. The molecule has 3 aromatic carbocycles. The highest BCUT2D eigenvalue weighted by atomic mass is 16.5. The maximum Gasteiger partial charge on any atom is 0.130 e. The van der Waals surface area contributed by atoms with Gasteiger partial charge in [0.05, 0.1) is 24.4 Å². The smallest absolute Gasteiger partial charge is 0.130 e. The Bertz CT molecular complexity index is 1360. The van der Waals surface area contributed by atoms with E-state index in [0.717, 1.165) is 64.2 Å². The molecule has 0 saturated heterocycles. The van der Waals surface area contributed by atoms with Crippen LogP contribution in [0.15, 0.2) is 78.9 Å². The zero-order valence-electron chi connectivity index (χ0n) is 25.8. The zero-order valence-corrected chi connectivity index (χ0v) is 25.8. The molecular formula is C39H49NO2. The number of hydrogen-bond acceptors (Lipinski definition) is 3. The van der Waals surface area contributed by atoms with Gasteiger partial charge in [-0.15, -0.1) is 0 Å². The molecule has 0 unspecified atom stereocenters. The first-order valence-electron chi connectivity index (χ1n) is 16.3. The topological polar surface area (TPSA) is 31.4 Å². The molecule has 0 N–H and O–H groups in total. The van der Waals surface area contributed by atoms with E-state index in [-0.39, 0.29) is 0 Å². The van der Waals surface area contributed by atoms with Crippen LogP contribution >= 0.6 is 0 Å². The molecule has 0 fully saturated rings. The van der Waals surface area contributed by atoms with Gasteiger partial charge in [0.1, 0.15) is 11.5 Å². The van der Waals surface area contributed by atoms with Gasteiger partial charge in [0.15, 0.2) is 0 Å². The van der Waals surface area contributed by atoms with Crippen molar-refractivity contribution in [3.05, 3.63) is 90.1 Å². The van der Waals surface area contributed by atoms with E-state index in [0.29, 0.717) is 6.61 Å². The Morgan fingerprint density at radius 3 is 1.95 bits per heavy atom. The van der Waals surface area contributed by atoms with Crippen LogP contribution in [0.5, 0.6) is 11.5 Å². The lowest BCUT2D eigenvalue weighted by Crippen LogP contribution is -2.02. The summed E-state index contributed by atoms with van der Waals surface area (Å²) in [6.45, 7) is 5.97. The molecule has 222 valence electrons. The summed E-state index contributed by atoms with van der Waals surface area (Å²) in [7, 11) is 0. The molecule has 3 nitrogen and oxygen atoms in total. The number of unbranched alkanes of at least 4 members (excludes halogenated alkanes) is 10. The number of benzene rings is 3. The van der Waals surface area contributed by atoms with Gasteiger partial charge >= 0.3 is 0 Å². The Balaban J connectivity index is 1.58. The van der Waals surface area contributed by atoms with E-state index in [4.69, 9.17) is 14.5 Å². The van der Waals surface area contributed by atoms with Crippen molar-refractivity contribution in [1.82, 2.24) is 4.98 Å². The van der Waals surface area contributed by atoms with Gasteiger partial charge in [-0.05, 0) is 48.7 Å². The van der Waals surface area contributed by atoms with Crippen molar-refractivity contribution in [3.63, 3.8) is 0 Å². The summed E-state index contributed by atoms with van der Waals surface area (Å²) in [5, 5.41) is 1.12. The second kappa shape index (κ2) is 18.1. The minimum Gasteiger partial charge on any atom is -0.493 e. The quantitative estimate of drug-likeness (QED) is 0.106. The van der Waals surface area contributed by atoms with Crippen LogP contribution in [0, 0.1) is 0 Å². The van der Waals surface area contributed by atoms with Crippen LogP contribution in [0.2, 0.25) is 0 Å². The number of pyridine rings is 1. The van der Waals surface area contributed by atoms with Crippen molar-refractivity contribution in [2.75, 3.05) is 13.2 Å². The lowest BCUT2D eigenvalue weighted by molar-refractivity contribution is 0.290. The summed E-state index contributed by atoms with van der Waals surface area (Å²) in [5.41, 5.74) is 5.20. The van der Waals surface area contributed by atoms with Crippen molar-refractivity contribution in [1.29, 1.82) is 0 Å². The fraction of sp³-hybridized carbons (Fsp3) is 0.410. The zero-order chi connectivity index (χ0) is 29.2. The van der Waals surface area contributed by atoms with Crippen LogP contribution in [-0.4, -0.2) is 18.2 Å². The van der Waals surface area contributed by atoms with E-state index in [1.54, 1.807) is 0 Å². The van der Waals surface area contributed by atoms with Crippen LogP contribution in [0.4, 0.5) is 0 Å². The van der Waals surface area contributed by atoms with Gasteiger partial charge in [0.25, 0.3) is 0 Å². The molecule has 0 aliphatic rings. The van der Waals surface area contributed by atoms with Gasteiger partial charge in [0, 0.05) is 22.6 Å². The molecule has 3 heteroatoms. The number of aromatic nitrogens is 1. The Morgan fingerprint density at radius 2 is 1.21 bits per heavy atom.